The molecule has 2 saturated heterocycles. The highest BCUT2D eigenvalue weighted by atomic mass is 16.2. The molecule has 2 amide bonds. The molecule has 2 unspecified atom stereocenters. The number of benzene rings is 1. The SMILES string of the molecule is Cc1ccc(NC(=O)N2C3CC(C)C[C@@H]2C3)cc1-c1cccnn1. The average Bonchev–Trinajstić information content (AvgIpc) is 2.57. The van der Waals surface area contributed by atoms with Crippen LogP contribution in [0.5, 0.6) is 0 Å². The van der Waals surface area contributed by atoms with Crippen molar-refractivity contribution in [3.8, 4) is 11.3 Å². The van der Waals surface area contributed by atoms with Crippen molar-refractivity contribution in [2.24, 2.45) is 5.92 Å². The van der Waals surface area contributed by atoms with Crippen molar-refractivity contribution in [1.82, 2.24) is 15.1 Å². The Bertz CT molecular complexity index is 749. The van der Waals surface area contributed by atoms with Gasteiger partial charge in [-0.3, -0.25) is 0 Å². The number of piperidine rings is 1. The number of anilines is 1. The van der Waals surface area contributed by atoms with Crippen molar-refractivity contribution < 1.29 is 4.79 Å². The minimum atomic E-state index is 0.0251. The van der Waals surface area contributed by atoms with E-state index in [4.69, 9.17) is 0 Å². The Hall–Kier alpha value is -2.43. The van der Waals surface area contributed by atoms with Crippen LogP contribution in [-0.2, 0) is 0 Å². The third-order valence-electron chi connectivity index (χ3n) is 5.25. The molecule has 5 heteroatoms. The lowest BCUT2D eigenvalue weighted by Gasteiger charge is -2.54. The maximum atomic E-state index is 12.6. The lowest BCUT2D eigenvalue weighted by atomic mass is 9.74. The maximum Gasteiger partial charge on any atom is 0.322 e. The van der Waals surface area contributed by atoms with Gasteiger partial charge in [-0.1, -0.05) is 13.0 Å². The first-order valence-electron chi connectivity index (χ1n) is 8.60. The van der Waals surface area contributed by atoms with E-state index in [2.05, 4.69) is 22.4 Å². The van der Waals surface area contributed by atoms with Gasteiger partial charge in [0.15, 0.2) is 0 Å². The summed E-state index contributed by atoms with van der Waals surface area (Å²) in [5, 5.41) is 11.2. The molecule has 3 heterocycles. The number of rotatable bonds is 2. The van der Waals surface area contributed by atoms with Gasteiger partial charge in [-0.05, 0) is 61.9 Å². The molecule has 2 aliphatic heterocycles. The molecule has 5 nitrogen and oxygen atoms in total. The number of urea groups is 1. The topological polar surface area (TPSA) is 58.1 Å². The first kappa shape index (κ1) is 15.1. The molecule has 2 aromatic rings. The first-order valence-corrected chi connectivity index (χ1v) is 8.60. The standard InChI is InChI=1S/C19H22N4O/c1-12-8-15-11-16(9-12)23(15)19(24)21-14-6-5-13(2)17(10-14)18-4-3-7-20-22-18/h3-7,10,12,15-16H,8-9,11H2,1-2H3,(H,21,24)/t12?,15-,16?/m1/s1. The van der Waals surface area contributed by atoms with Gasteiger partial charge in [-0.15, -0.1) is 0 Å². The zero-order chi connectivity index (χ0) is 16.7. The normalized spacial score (nSPS) is 25.1. The molecule has 0 radical (unpaired) electrons. The predicted octanol–water partition coefficient (Wildman–Crippen LogP) is 3.86. The van der Waals surface area contributed by atoms with Gasteiger partial charge >= 0.3 is 6.03 Å². The summed E-state index contributed by atoms with van der Waals surface area (Å²) >= 11 is 0. The fourth-order valence-electron chi connectivity index (χ4n) is 4.09. The number of aromatic nitrogens is 2. The average molecular weight is 322 g/mol. The van der Waals surface area contributed by atoms with E-state index in [1.165, 1.54) is 0 Å². The number of carbonyl (C=O) groups is 1. The third-order valence-corrected chi connectivity index (χ3v) is 5.25. The molecule has 0 spiro atoms. The van der Waals surface area contributed by atoms with Gasteiger partial charge in [0.2, 0.25) is 0 Å². The molecule has 4 rings (SSSR count). The lowest BCUT2D eigenvalue weighted by Crippen LogP contribution is -2.63. The van der Waals surface area contributed by atoms with E-state index in [1.54, 1.807) is 6.20 Å². The number of nitrogens with one attached hydrogen (secondary N) is 1. The number of carbonyl (C=O) groups excluding carboxylic acids is 1. The summed E-state index contributed by atoms with van der Waals surface area (Å²) in [6.45, 7) is 4.32. The molecule has 24 heavy (non-hydrogen) atoms. The number of hydrogen-bond acceptors (Lipinski definition) is 3. The van der Waals surface area contributed by atoms with E-state index in [0.29, 0.717) is 12.1 Å². The van der Waals surface area contributed by atoms with Crippen LogP contribution in [0, 0.1) is 12.8 Å². The summed E-state index contributed by atoms with van der Waals surface area (Å²) in [4.78, 5) is 14.7. The van der Waals surface area contributed by atoms with Crippen LogP contribution >= 0.6 is 0 Å². The van der Waals surface area contributed by atoms with Gasteiger partial charge in [-0.2, -0.15) is 10.2 Å². The van der Waals surface area contributed by atoms with Gasteiger partial charge in [0.1, 0.15) is 0 Å². The number of fused-ring (bicyclic) bond motifs is 2. The lowest BCUT2D eigenvalue weighted by molar-refractivity contribution is -0.00600. The highest BCUT2D eigenvalue weighted by Gasteiger charge is 2.46. The fourth-order valence-corrected chi connectivity index (χ4v) is 4.09. The molecule has 1 aromatic carbocycles. The van der Waals surface area contributed by atoms with Crippen molar-refractivity contribution in [3.63, 3.8) is 0 Å². The van der Waals surface area contributed by atoms with E-state index in [-0.39, 0.29) is 6.03 Å². The second-order valence-corrected chi connectivity index (χ2v) is 7.10. The molecule has 0 saturated carbocycles. The first-order chi connectivity index (χ1) is 11.6. The Morgan fingerprint density at radius 2 is 2.00 bits per heavy atom. The Kier molecular flexibility index (Phi) is 3.71. The zero-order valence-corrected chi connectivity index (χ0v) is 14.1. The van der Waals surface area contributed by atoms with Crippen LogP contribution in [0.15, 0.2) is 36.5 Å². The smallest absolute Gasteiger partial charge is 0.318 e. The summed E-state index contributed by atoms with van der Waals surface area (Å²) in [6, 6.07) is 10.6. The second-order valence-electron chi connectivity index (χ2n) is 7.10. The number of aryl methyl sites for hydroxylation is 1. The predicted molar refractivity (Wildman–Crippen MR) is 93.7 cm³/mol. The van der Waals surface area contributed by atoms with Gasteiger partial charge in [0, 0.05) is 29.5 Å². The summed E-state index contributed by atoms with van der Waals surface area (Å²) in [5.41, 5.74) is 3.74. The molecular formula is C19H22N4O. The molecule has 0 aliphatic carbocycles. The van der Waals surface area contributed by atoms with Crippen LogP contribution in [0.2, 0.25) is 0 Å². The minimum absolute atomic E-state index is 0.0251. The van der Waals surface area contributed by atoms with Crippen molar-refractivity contribution >= 4 is 11.7 Å². The highest BCUT2D eigenvalue weighted by molar-refractivity contribution is 5.91. The Morgan fingerprint density at radius 1 is 1.21 bits per heavy atom. The van der Waals surface area contributed by atoms with Gasteiger partial charge in [0.05, 0.1) is 5.69 Å². The molecule has 1 aromatic heterocycles. The van der Waals surface area contributed by atoms with Crippen molar-refractivity contribution in [2.45, 2.75) is 45.2 Å². The molecule has 2 bridgehead atoms. The van der Waals surface area contributed by atoms with E-state index >= 15 is 0 Å². The third kappa shape index (κ3) is 2.64. The molecule has 2 fully saturated rings. The maximum absolute atomic E-state index is 12.6. The van der Waals surface area contributed by atoms with Crippen LogP contribution in [0.3, 0.4) is 0 Å². The zero-order valence-electron chi connectivity index (χ0n) is 14.1. The molecule has 124 valence electrons. The van der Waals surface area contributed by atoms with Crippen LogP contribution in [0.25, 0.3) is 11.3 Å². The monoisotopic (exact) mass is 322 g/mol. The molecule has 3 atom stereocenters. The fraction of sp³-hybridized carbons (Fsp3) is 0.421. The summed E-state index contributed by atoms with van der Waals surface area (Å²) < 4.78 is 0. The second kappa shape index (κ2) is 5.89. The number of nitrogens with zero attached hydrogens (tertiary/aromatic N) is 3. The largest absolute Gasteiger partial charge is 0.322 e. The van der Waals surface area contributed by atoms with Gasteiger partial charge in [-0.25, -0.2) is 4.79 Å². The van der Waals surface area contributed by atoms with Crippen molar-refractivity contribution in [2.75, 3.05) is 5.32 Å². The highest BCUT2D eigenvalue weighted by Crippen LogP contribution is 2.41. The summed E-state index contributed by atoms with van der Waals surface area (Å²) in [7, 11) is 0. The minimum Gasteiger partial charge on any atom is -0.318 e. The van der Waals surface area contributed by atoms with Crippen LogP contribution in [-0.4, -0.2) is 33.2 Å². The van der Waals surface area contributed by atoms with E-state index in [9.17, 15) is 4.79 Å². The van der Waals surface area contributed by atoms with Gasteiger partial charge < -0.3 is 10.2 Å². The molecule has 1 N–H and O–H groups in total. The van der Waals surface area contributed by atoms with Gasteiger partial charge in [0.25, 0.3) is 0 Å². The van der Waals surface area contributed by atoms with Crippen molar-refractivity contribution in [3.05, 3.63) is 42.1 Å². The van der Waals surface area contributed by atoms with Crippen LogP contribution in [0.4, 0.5) is 10.5 Å². The van der Waals surface area contributed by atoms with E-state index in [1.807, 2.05) is 42.2 Å². The summed E-state index contributed by atoms with van der Waals surface area (Å²) in [6.07, 6.45) is 5.08. The van der Waals surface area contributed by atoms with Crippen LogP contribution < -0.4 is 5.32 Å². The quantitative estimate of drug-likeness (QED) is 0.913. The van der Waals surface area contributed by atoms with E-state index in [0.717, 1.165) is 47.7 Å². The Morgan fingerprint density at radius 3 is 2.71 bits per heavy atom. The Labute approximate surface area is 142 Å². The number of hydrogen-bond donors (Lipinski definition) is 1. The van der Waals surface area contributed by atoms with E-state index < -0.39 is 0 Å². The Balaban J connectivity index is 1.52. The molecular weight excluding hydrogens is 300 g/mol. The number of amides is 2. The summed E-state index contributed by atoms with van der Waals surface area (Å²) in [5.74, 6) is 0.737. The molecule has 2 aliphatic rings. The van der Waals surface area contributed by atoms with Crippen LogP contribution in [0.1, 0.15) is 31.7 Å². The van der Waals surface area contributed by atoms with Crippen molar-refractivity contribution in [1.29, 1.82) is 0 Å².